The van der Waals surface area contributed by atoms with Gasteiger partial charge in [0, 0.05) is 0 Å². The van der Waals surface area contributed by atoms with Gasteiger partial charge < -0.3 is 0 Å². The quantitative estimate of drug-likeness (QED) is 0.588. The molecular weight excluding hydrogens is 144 g/mol. The van der Waals surface area contributed by atoms with Crippen LogP contribution in [0.25, 0.3) is 0 Å². The summed E-state index contributed by atoms with van der Waals surface area (Å²) in [7, 11) is 0. The first-order valence-corrected chi connectivity index (χ1v) is 5.61. The molecule has 0 aromatic heterocycles. The van der Waals surface area contributed by atoms with Crippen molar-refractivity contribution in [1.82, 2.24) is 0 Å². The van der Waals surface area contributed by atoms with Gasteiger partial charge in [0.05, 0.1) is 0 Å². The molecule has 0 nitrogen and oxygen atoms in total. The highest BCUT2D eigenvalue weighted by atomic mass is 14.5. The fraction of sp³-hybridized carbons (Fsp3) is 1.00. The third kappa shape index (κ3) is 1.84. The number of hydrogen-bond donors (Lipinski definition) is 0. The van der Waals surface area contributed by atoms with Crippen molar-refractivity contribution in [2.45, 2.75) is 59.8 Å². The van der Waals surface area contributed by atoms with Crippen LogP contribution in [-0.4, -0.2) is 0 Å². The standard InChI is InChI=1S/C12H24/c1-5-7-8-10-9-12(3,4)11(10)6-2/h10-11H,5-9H2,1-4H3. The first-order valence-electron chi connectivity index (χ1n) is 5.61. The monoisotopic (exact) mass is 168 g/mol. The van der Waals surface area contributed by atoms with Crippen LogP contribution in [0.1, 0.15) is 59.8 Å². The fourth-order valence-electron chi connectivity index (χ4n) is 3.10. The molecule has 2 atom stereocenters. The zero-order valence-electron chi connectivity index (χ0n) is 9.19. The maximum Gasteiger partial charge on any atom is -0.0321 e. The van der Waals surface area contributed by atoms with E-state index in [9.17, 15) is 0 Å². The minimum Gasteiger partial charge on any atom is -0.0654 e. The largest absolute Gasteiger partial charge is 0.0654 e. The van der Waals surface area contributed by atoms with Crippen LogP contribution >= 0.6 is 0 Å². The number of unbranched alkanes of at least 4 members (excludes halogenated alkanes) is 1. The predicted molar refractivity (Wildman–Crippen MR) is 55.2 cm³/mol. The molecule has 0 spiro atoms. The van der Waals surface area contributed by atoms with E-state index in [-0.39, 0.29) is 0 Å². The lowest BCUT2D eigenvalue weighted by molar-refractivity contribution is -0.0197. The Balaban J connectivity index is 2.31. The average Bonchev–Trinajstić information content (AvgIpc) is 1.98. The minimum atomic E-state index is 0.660. The molecule has 1 aliphatic carbocycles. The van der Waals surface area contributed by atoms with Crippen molar-refractivity contribution in [2.75, 3.05) is 0 Å². The fourth-order valence-corrected chi connectivity index (χ4v) is 3.10. The molecule has 72 valence electrons. The smallest absolute Gasteiger partial charge is 0.0321 e. The lowest BCUT2D eigenvalue weighted by atomic mass is 9.53. The molecule has 0 aromatic rings. The van der Waals surface area contributed by atoms with Gasteiger partial charge in [-0.15, -0.1) is 0 Å². The van der Waals surface area contributed by atoms with Gasteiger partial charge in [0.1, 0.15) is 0 Å². The summed E-state index contributed by atoms with van der Waals surface area (Å²) in [5.41, 5.74) is 0.660. The molecule has 0 bridgehead atoms. The predicted octanol–water partition coefficient (Wildman–Crippen LogP) is 4.25. The zero-order chi connectivity index (χ0) is 9.19. The highest BCUT2D eigenvalue weighted by Gasteiger charge is 2.44. The van der Waals surface area contributed by atoms with Gasteiger partial charge in [-0.2, -0.15) is 0 Å². The number of rotatable bonds is 4. The highest BCUT2D eigenvalue weighted by molar-refractivity contribution is 4.94. The van der Waals surface area contributed by atoms with Crippen molar-refractivity contribution in [2.24, 2.45) is 17.3 Å². The first kappa shape index (κ1) is 10.1. The van der Waals surface area contributed by atoms with E-state index in [2.05, 4.69) is 27.7 Å². The third-order valence-corrected chi connectivity index (χ3v) is 3.73. The first-order chi connectivity index (χ1) is 5.61. The van der Waals surface area contributed by atoms with Crippen molar-refractivity contribution >= 4 is 0 Å². The second-order valence-corrected chi connectivity index (χ2v) is 5.11. The Morgan fingerprint density at radius 2 is 1.92 bits per heavy atom. The summed E-state index contributed by atoms with van der Waals surface area (Å²) in [6.45, 7) is 9.52. The van der Waals surface area contributed by atoms with E-state index in [0.717, 1.165) is 11.8 Å². The molecule has 12 heavy (non-hydrogen) atoms. The minimum absolute atomic E-state index is 0.660. The van der Waals surface area contributed by atoms with Gasteiger partial charge in [-0.1, -0.05) is 53.4 Å². The van der Waals surface area contributed by atoms with Crippen LogP contribution in [0.2, 0.25) is 0 Å². The number of hydrogen-bond acceptors (Lipinski definition) is 0. The lowest BCUT2D eigenvalue weighted by Gasteiger charge is -2.52. The Labute approximate surface area is 77.7 Å². The Morgan fingerprint density at radius 1 is 1.25 bits per heavy atom. The van der Waals surface area contributed by atoms with Gasteiger partial charge >= 0.3 is 0 Å². The molecule has 0 heterocycles. The second kappa shape index (κ2) is 3.81. The van der Waals surface area contributed by atoms with Crippen molar-refractivity contribution in [3.63, 3.8) is 0 Å². The average molecular weight is 168 g/mol. The van der Waals surface area contributed by atoms with Gasteiger partial charge in [0.25, 0.3) is 0 Å². The summed E-state index contributed by atoms with van der Waals surface area (Å²) in [5, 5.41) is 0. The summed E-state index contributed by atoms with van der Waals surface area (Å²) >= 11 is 0. The summed E-state index contributed by atoms with van der Waals surface area (Å²) in [6, 6.07) is 0. The van der Waals surface area contributed by atoms with Crippen LogP contribution < -0.4 is 0 Å². The van der Waals surface area contributed by atoms with Gasteiger partial charge in [0.2, 0.25) is 0 Å². The SMILES string of the molecule is CCCCC1CC(C)(C)C1CC. The van der Waals surface area contributed by atoms with Crippen LogP contribution in [0.15, 0.2) is 0 Å². The van der Waals surface area contributed by atoms with Crippen LogP contribution in [-0.2, 0) is 0 Å². The van der Waals surface area contributed by atoms with Crippen LogP contribution in [0, 0.1) is 17.3 Å². The highest BCUT2D eigenvalue weighted by Crippen LogP contribution is 2.53. The Morgan fingerprint density at radius 3 is 2.33 bits per heavy atom. The Kier molecular flexibility index (Phi) is 3.20. The topological polar surface area (TPSA) is 0 Å². The molecule has 1 saturated carbocycles. The molecule has 2 unspecified atom stereocenters. The van der Waals surface area contributed by atoms with E-state index in [1.54, 1.807) is 0 Å². The van der Waals surface area contributed by atoms with Gasteiger partial charge in [-0.3, -0.25) is 0 Å². The molecule has 1 fully saturated rings. The van der Waals surface area contributed by atoms with Gasteiger partial charge in [-0.25, -0.2) is 0 Å². The molecule has 0 radical (unpaired) electrons. The maximum atomic E-state index is 2.43. The zero-order valence-corrected chi connectivity index (χ0v) is 9.19. The molecule has 0 heteroatoms. The third-order valence-electron chi connectivity index (χ3n) is 3.73. The van der Waals surface area contributed by atoms with Gasteiger partial charge in [-0.05, 0) is 23.7 Å². The molecule has 0 N–H and O–H groups in total. The summed E-state index contributed by atoms with van der Waals surface area (Å²) in [5.74, 6) is 2.08. The van der Waals surface area contributed by atoms with Gasteiger partial charge in [0.15, 0.2) is 0 Å². The van der Waals surface area contributed by atoms with Crippen molar-refractivity contribution in [1.29, 1.82) is 0 Å². The van der Waals surface area contributed by atoms with E-state index in [1.165, 1.54) is 32.1 Å². The molecule has 1 rings (SSSR count). The Bertz CT molecular complexity index is 135. The van der Waals surface area contributed by atoms with E-state index < -0.39 is 0 Å². The molecule has 1 aliphatic rings. The van der Waals surface area contributed by atoms with Crippen molar-refractivity contribution in [3.8, 4) is 0 Å². The van der Waals surface area contributed by atoms with Crippen molar-refractivity contribution < 1.29 is 0 Å². The molecule has 0 aliphatic heterocycles. The summed E-state index contributed by atoms with van der Waals surface area (Å²) in [4.78, 5) is 0. The summed E-state index contributed by atoms with van der Waals surface area (Å²) in [6.07, 6.45) is 7.16. The van der Waals surface area contributed by atoms with Crippen LogP contribution in [0.5, 0.6) is 0 Å². The molecular formula is C12H24. The van der Waals surface area contributed by atoms with E-state index in [0.29, 0.717) is 5.41 Å². The van der Waals surface area contributed by atoms with Crippen LogP contribution in [0.4, 0.5) is 0 Å². The van der Waals surface area contributed by atoms with Crippen molar-refractivity contribution in [3.05, 3.63) is 0 Å². The van der Waals surface area contributed by atoms with E-state index >= 15 is 0 Å². The van der Waals surface area contributed by atoms with Crippen LogP contribution in [0.3, 0.4) is 0 Å². The van der Waals surface area contributed by atoms with E-state index in [4.69, 9.17) is 0 Å². The second-order valence-electron chi connectivity index (χ2n) is 5.11. The van der Waals surface area contributed by atoms with E-state index in [1.807, 2.05) is 0 Å². The maximum absolute atomic E-state index is 2.43. The molecule has 0 aromatic carbocycles. The lowest BCUT2D eigenvalue weighted by Crippen LogP contribution is -2.43. The Hall–Kier alpha value is 0. The normalized spacial score (nSPS) is 33.0. The molecule has 0 amide bonds. The summed E-state index contributed by atoms with van der Waals surface area (Å²) < 4.78 is 0. The molecule has 0 saturated heterocycles.